The first-order valence-electron chi connectivity index (χ1n) is 5.62. The molecule has 0 aliphatic carbocycles. The normalized spacial score (nSPS) is 20.4. The monoisotopic (exact) mass is 275 g/mol. The number of rotatable bonds is 2. The highest BCUT2D eigenvalue weighted by molar-refractivity contribution is 5.74. The van der Waals surface area contributed by atoms with Crippen molar-refractivity contribution < 1.29 is 23.1 Å². The third-order valence-electron chi connectivity index (χ3n) is 2.87. The van der Waals surface area contributed by atoms with E-state index in [1.165, 1.54) is 6.07 Å². The van der Waals surface area contributed by atoms with E-state index in [1.54, 1.807) is 4.90 Å². The second kappa shape index (κ2) is 5.04. The zero-order valence-corrected chi connectivity index (χ0v) is 9.81. The van der Waals surface area contributed by atoms with Crippen molar-refractivity contribution in [3.63, 3.8) is 0 Å². The van der Waals surface area contributed by atoms with E-state index < -0.39 is 23.8 Å². The van der Waals surface area contributed by atoms with Crippen LogP contribution in [0.3, 0.4) is 0 Å². The van der Waals surface area contributed by atoms with Gasteiger partial charge in [-0.2, -0.15) is 13.2 Å². The van der Waals surface area contributed by atoms with E-state index >= 15 is 0 Å². The molecule has 0 radical (unpaired) electrons. The number of aliphatic carboxylic acids is 1. The van der Waals surface area contributed by atoms with E-state index in [0.29, 0.717) is 18.9 Å². The molecule has 104 valence electrons. The zero-order valence-electron chi connectivity index (χ0n) is 9.81. The van der Waals surface area contributed by atoms with Crippen molar-refractivity contribution in [2.75, 3.05) is 24.5 Å². The summed E-state index contributed by atoms with van der Waals surface area (Å²) in [4.78, 5) is 16.3. The number of anilines is 1. The highest BCUT2D eigenvalue weighted by atomic mass is 19.4. The van der Waals surface area contributed by atoms with Gasteiger partial charge in [0.15, 0.2) is 0 Å². The Labute approximate surface area is 107 Å². The molecule has 0 spiro atoms. The van der Waals surface area contributed by atoms with E-state index in [2.05, 4.69) is 10.3 Å². The lowest BCUT2D eigenvalue weighted by atomic mass is 10.2. The molecule has 8 heteroatoms. The van der Waals surface area contributed by atoms with Crippen molar-refractivity contribution >= 4 is 11.8 Å². The molecule has 1 aliphatic rings. The van der Waals surface area contributed by atoms with Crippen LogP contribution in [-0.4, -0.2) is 41.7 Å². The molecule has 1 unspecified atom stereocenters. The van der Waals surface area contributed by atoms with E-state index in [-0.39, 0.29) is 6.54 Å². The number of carbonyl (C=O) groups is 1. The number of piperazine rings is 1. The number of carboxylic acids is 1. The average Bonchev–Trinajstić information content (AvgIpc) is 2.38. The maximum absolute atomic E-state index is 12.4. The lowest BCUT2D eigenvalue weighted by molar-refractivity contribution is -0.139. The second-order valence-electron chi connectivity index (χ2n) is 4.19. The van der Waals surface area contributed by atoms with Crippen LogP contribution in [0.4, 0.5) is 19.0 Å². The molecule has 1 aromatic heterocycles. The summed E-state index contributed by atoms with van der Waals surface area (Å²) in [6, 6.07) is 1.46. The van der Waals surface area contributed by atoms with Crippen LogP contribution in [0.15, 0.2) is 18.3 Å². The van der Waals surface area contributed by atoms with Gasteiger partial charge in [-0.25, -0.2) is 4.98 Å². The molecular weight excluding hydrogens is 263 g/mol. The lowest BCUT2D eigenvalue weighted by Gasteiger charge is -2.32. The lowest BCUT2D eigenvalue weighted by Crippen LogP contribution is -2.54. The summed E-state index contributed by atoms with van der Waals surface area (Å²) in [6.45, 7) is 1.12. The summed E-state index contributed by atoms with van der Waals surface area (Å²) >= 11 is 0. The minimum Gasteiger partial charge on any atom is -0.480 e. The summed E-state index contributed by atoms with van der Waals surface area (Å²) in [5.41, 5.74) is -0.818. The quantitative estimate of drug-likeness (QED) is 0.841. The Morgan fingerprint density at radius 2 is 2.21 bits per heavy atom. The number of halogens is 3. The van der Waals surface area contributed by atoms with Crippen molar-refractivity contribution in [2.45, 2.75) is 12.2 Å². The SMILES string of the molecule is O=C(O)C1CN(c2ccc(C(F)(F)F)cn2)CCN1. The summed E-state index contributed by atoms with van der Waals surface area (Å²) in [6.07, 6.45) is -3.66. The molecule has 0 saturated carbocycles. The fourth-order valence-corrected chi connectivity index (χ4v) is 1.86. The molecule has 1 aliphatic heterocycles. The van der Waals surface area contributed by atoms with Crippen LogP contribution in [0, 0.1) is 0 Å². The van der Waals surface area contributed by atoms with Gasteiger partial charge >= 0.3 is 12.1 Å². The third-order valence-corrected chi connectivity index (χ3v) is 2.87. The van der Waals surface area contributed by atoms with Crippen molar-refractivity contribution in [1.29, 1.82) is 0 Å². The Kier molecular flexibility index (Phi) is 3.61. The number of hydrogen-bond donors (Lipinski definition) is 2. The summed E-state index contributed by atoms with van der Waals surface area (Å²) < 4.78 is 37.2. The number of aromatic nitrogens is 1. The number of carboxylic acid groups (broad SMARTS) is 1. The zero-order chi connectivity index (χ0) is 14.0. The molecule has 5 nitrogen and oxygen atoms in total. The Bertz CT molecular complexity index is 461. The predicted octanol–water partition coefficient (Wildman–Crippen LogP) is 0.963. The van der Waals surface area contributed by atoms with Crippen LogP contribution in [0.25, 0.3) is 0 Å². The van der Waals surface area contributed by atoms with Gasteiger partial charge in [0.05, 0.1) is 5.56 Å². The molecule has 2 rings (SSSR count). The van der Waals surface area contributed by atoms with Gasteiger partial charge in [-0.05, 0) is 12.1 Å². The summed E-state index contributed by atoms with van der Waals surface area (Å²) in [5, 5.41) is 11.7. The topological polar surface area (TPSA) is 65.5 Å². The number of nitrogens with one attached hydrogen (secondary N) is 1. The Morgan fingerprint density at radius 1 is 1.47 bits per heavy atom. The van der Waals surface area contributed by atoms with Crippen LogP contribution in [0.2, 0.25) is 0 Å². The van der Waals surface area contributed by atoms with Gasteiger partial charge in [-0.1, -0.05) is 0 Å². The number of nitrogens with zero attached hydrogens (tertiary/aromatic N) is 2. The van der Waals surface area contributed by atoms with E-state index in [4.69, 9.17) is 5.11 Å². The molecular formula is C11H12F3N3O2. The molecule has 2 heterocycles. The molecule has 2 N–H and O–H groups in total. The van der Waals surface area contributed by atoms with Crippen LogP contribution in [0.1, 0.15) is 5.56 Å². The highest BCUT2D eigenvalue weighted by Crippen LogP contribution is 2.29. The van der Waals surface area contributed by atoms with Gasteiger partial charge in [0, 0.05) is 25.8 Å². The molecule has 0 bridgehead atoms. The maximum atomic E-state index is 12.4. The Hall–Kier alpha value is -1.83. The Morgan fingerprint density at radius 3 is 2.74 bits per heavy atom. The van der Waals surface area contributed by atoms with Gasteiger partial charge in [-0.3, -0.25) is 4.79 Å². The van der Waals surface area contributed by atoms with E-state index in [0.717, 1.165) is 12.3 Å². The van der Waals surface area contributed by atoms with Crippen molar-refractivity contribution in [3.05, 3.63) is 23.9 Å². The van der Waals surface area contributed by atoms with Crippen LogP contribution in [0.5, 0.6) is 0 Å². The predicted molar refractivity (Wildman–Crippen MR) is 60.9 cm³/mol. The number of hydrogen-bond acceptors (Lipinski definition) is 4. The van der Waals surface area contributed by atoms with Gasteiger partial charge in [-0.15, -0.1) is 0 Å². The molecule has 1 atom stereocenters. The minimum absolute atomic E-state index is 0.174. The molecule has 19 heavy (non-hydrogen) atoms. The minimum atomic E-state index is -4.42. The standard InChI is InChI=1S/C11H12F3N3O2/c12-11(13,14)7-1-2-9(16-5-7)17-4-3-15-8(6-17)10(18)19/h1-2,5,8,15H,3-4,6H2,(H,18,19). The van der Waals surface area contributed by atoms with Crippen molar-refractivity contribution in [3.8, 4) is 0 Å². The number of alkyl halides is 3. The molecule has 0 aromatic carbocycles. The first-order chi connectivity index (χ1) is 8.88. The van der Waals surface area contributed by atoms with Gasteiger partial charge in [0.25, 0.3) is 0 Å². The molecule has 0 amide bonds. The average molecular weight is 275 g/mol. The first-order valence-corrected chi connectivity index (χ1v) is 5.62. The van der Waals surface area contributed by atoms with Gasteiger partial charge in [0.1, 0.15) is 11.9 Å². The second-order valence-corrected chi connectivity index (χ2v) is 4.19. The van der Waals surface area contributed by atoms with E-state index in [1.807, 2.05) is 0 Å². The van der Waals surface area contributed by atoms with Crippen LogP contribution >= 0.6 is 0 Å². The summed E-state index contributed by atoms with van der Waals surface area (Å²) in [7, 11) is 0. The largest absolute Gasteiger partial charge is 0.480 e. The maximum Gasteiger partial charge on any atom is 0.417 e. The Balaban J connectivity index is 2.12. The third kappa shape index (κ3) is 3.14. The van der Waals surface area contributed by atoms with E-state index in [9.17, 15) is 18.0 Å². The first kappa shape index (κ1) is 13.6. The van der Waals surface area contributed by atoms with Crippen LogP contribution in [-0.2, 0) is 11.0 Å². The number of pyridine rings is 1. The van der Waals surface area contributed by atoms with Crippen LogP contribution < -0.4 is 10.2 Å². The fraction of sp³-hybridized carbons (Fsp3) is 0.455. The highest BCUT2D eigenvalue weighted by Gasteiger charge is 2.31. The molecule has 1 saturated heterocycles. The van der Waals surface area contributed by atoms with Crippen molar-refractivity contribution in [1.82, 2.24) is 10.3 Å². The smallest absolute Gasteiger partial charge is 0.417 e. The molecule has 1 fully saturated rings. The van der Waals surface area contributed by atoms with Crippen molar-refractivity contribution in [2.24, 2.45) is 0 Å². The van der Waals surface area contributed by atoms with Gasteiger partial charge < -0.3 is 15.3 Å². The summed E-state index contributed by atoms with van der Waals surface area (Å²) in [5.74, 6) is -0.641. The molecule has 1 aromatic rings. The van der Waals surface area contributed by atoms with Gasteiger partial charge in [0.2, 0.25) is 0 Å². The fourth-order valence-electron chi connectivity index (χ4n) is 1.86.